The van der Waals surface area contributed by atoms with Crippen LogP contribution in [0.15, 0.2) is 12.4 Å². The molecule has 1 aromatic rings. The van der Waals surface area contributed by atoms with Gasteiger partial charge in [-0.2, -0.15) is 13.2 Å². The van der Waals surface area contributed by atoms with Crippen LogP contribution in [0.5, 0.6) is 0 Å². The van der Waals surface area contributed by atoms with Crippen molar-refractivity contribution in [3.05, 3.63) is 12.4 Å². The topological polar surface area (TPSA) is 104 Å². The summed E-state index contributed by atoms with van der Waals surface area (Å²) in [5.41, 5.74) is 0.677. The van der Waals surface area contributed by atoms with Gasteiger partial charge in [0, 0.05) is 12.5 Å². The van der Waals surface area contributed by atoms with Gasteiger partial charge in [0.15, 0.2) is 0 Å². The number of rotatable bonds is 6. The Hall–Kier alpha value is -2.39. The quantitative estimate of drug-likeness (QED) is 0.684. The van der Waals surface area contributed by atoms with Gasteiger partial charge in [-0.25, -0.2) is 14.8 Å². The number of hydrogen-bond donors (Lipinski definition) is 3. The Morgan fingerprint density at radius 3 is 2.19 bits per heavy atom. The number of nitrogens with zero attached hydrogens (tertiary/aromatic N) is 2. The maximum Gasteiger partial charge on any atom is 0.490 e. The number of alkyl halides is 3. The molecule has 1 saturated carbocycles. The second-order valence-electron chi connectivity index (χ2n) is 6.68. The Labute approximate surface area is 155 Å². The zero-order valence-corrected chi connectivity index (χ0v) is 15.3. The minimum Gasteiger partial charge on any atom is -0.475 e. The standard InChI is InChI=1S/C15H24N4O.C2HF3O2/c1-11(2)7-8-16-15-17-9-13(10-18-15)19-14(20)12-5-3-4-6-12;3-2(4,5)1(6)7/h9-12H,3-8H2,1-2H3,(H,19,20)(H,16,17,18);(H,6,7). The highest BCUT2D eigenvalue weighted by atomic mass is 19.4. The lowest BCUT2D eigenvalue weighted by molar-refractivity contribution is -0.192. The fraction of sp³-hybridized carbons (Fsp3) is 0.647. The first-order valence-electron chi connectivity index (χ1n) is 8.76. The Balaban J connectivity index is 0.000000445. The number of carbonyl (C=O) groups excluding carboxylic acids is 1. The molecule has 7 nitrogen and oxygen atoms in total. The van der Waals surface area contributed by atoms with E-state index in [9.17, 15) is 18.0 Å². The lowest BCUT2D eigenvalue weighted by atomic mass is 10.1. The number of carboxylic acid groups (broad SMARTS) is 1. The molecule has 1 amide bonds. The predicted molar refractivity (Wildman–Crippen MR) is 94.3 cm³/mol. The molecule has 1 aliphatic carbocycles. The van der Waals surface area contributed by atoms with Crippen LogP contribution in [0.25, 0.3) is 0 Å². The third-order valence-corrected chi connectivity index (χ3v) is 3.89. The van der Waals surface area contributed by atoms with Gasteiger partial charge in [0.2, 0.25) is 11.9 Å². The maximum absolute atomic E-state index is 12.0. The summed E-state index contributed by atoms with van der Waals surface area (Å²) < 4.78 is 31.7. The van der Waals surface area contributed by atoms with Crippen molar-refractivity contribution in [2.45, 2.75) is 52.1 Å². The summed E-state index contributed by atoms with van der Waals surface area (Å²) in [4.78, 5) is 29.3. The fourth-order valence-corrected chi connectivity index (χ4v) is 2.39. The molecule has 152 valence electrons. The van der Waals surface area contributed by atoms with E-state index in [2.05, 4.69) is 34.4 Å². The monoisotopic (exact) mass is 390 g/mol. The highest BCUT2D eigenvalue weighted by Crippen LogP contribution is 2.25. The third kappa shape index (κ3) is 9.20. The van der Waals surface area contributed by atoms with Gasteiger partial charge in [-0.1, -0.05) is 26.7 Å². The molecule has 1 heterocycles. The summed E-state index contributed by atoms with van der Waals surface area (Å²) in [6.07, 6.45) is 3.66. The van der Waals surface area contributed by atoms with Crippen molar-refractivity contribution in [2.24, 2.45) is 11.8 Å². The van der Waals surface area contributed by atoms with Crippen molar-refractivity contribution in [3.8, 4) is 0 Å². The molecule has 27 heavy (non-hydrogen) atoms. The molecule has 0 saturated heterocycles. The normalized spacial score (nSPS) is 14.4. The van der Waals surface area contributed by atoms with E-state index in [0.717, 1.165) is 38.6 Å². The second kappa shape index (κ2) is 10.7. The minimum absolute atomic E-state index is 0.103. The molecule has 0 aliphatic heterocycles. The molecule has 0 radical (unpaired) electrons. The number of nitrogens with one attached hydrogen (secondary N) is 2. The van der Waals surface area contributed by atoms with Crippen LogP contribution < -0.4 is 10.6 Å². The molecule has 1 fully saturated rings. The predicted octanol–water partition coefficient (Wildman–Crippen LogP) is 3.70. The minimum atomic E-state index is -5.08. The van der Waals surface area contributed by atoms with E-state index in [1.54, 1.807) is 12.4 Å². The highest BCUT2D eigenvalue weighted by molar-refractivity contribution is 5.92. The molecule has 3 N–H and O–H groups in total. The van der Waals surface area contributed by atoms with Gasteiger partial charge >= 0.3 is 12.1 Å². The number of carboxylic acids is 1. The molecule has 0 unspecified atom stereocenters. The summed E-state index contributed by atoms with van der Waals surface area (Å²) in [6, 6.07) is 0. The van der Waals surface area contributed by atoms with E-state index in [1.807, 2.05) is 0 Å². The molecule has 1 aromatic heterocycles. The molecule has 0 atom stereocenters. The summed E-state index contributed by atoms with van der Waals surface area (Å²) in [7, 11) is 0. The van der Waals surface area contributed by atoms with Crippen LogP contribution in [0.1, 0.15) is 46.0 Å². The molecular weight excluding hydrogens is 365 g/mol. The lowest BCUT2D eigenvalue weighted by Crippen LogP contribution is -2.21. The molecule has 0 aromatic carbocycles. The number of anilines is 2. The number of hydrogen-bond acceptors (Lipinski definition) is 5. The second-order valence-corrected chi connectivity index (χ2v) is 6.68. The number of halogens is 3. The largest absolute Gasteiger partial charge is 0.490 e. The number of aliphatic carboxylic acids is 1. The summed E-state index contributed by atoms with van der Waals surface area (Å²) in [5.74, 6) is -1.21. The van der Waals surface area contributed by atoms with Gasteiger partial charge in [0.25, 0.3) is 0 Å². The van der Waals surface area contributed by atoms with Gasteiger partial charge in [-0.15, -0.1) is 0 Å². The van der Waals surface area contributed by atoms with Crippen molar-refractivity contribution >= 4 is 23.5 Å². The van der Waals surface area contributed by atoms with Gasteiger partial charge in [0.05, 0.1) is 18.1 Å². The van der Waals surface area contributed by atoms with Gasteiger partial charge in [0.1, 0.15) is 0 Å². The number of carbonyl (C=O) groups is 2. The first-order valence-corrected chi connectivity index (χ1v) is 8.76. The van der Waals surface area contributed by atoms with Crippen LogP contribution in [-0.4, -0.2) is 39.7 Å². The van der Waals surface area contributed by atoms with Crippen LogP contribution in [0.3, 0.4) is 0 Å². The van der Waals surface area contributed by atoms with Crippen LogP contribution in [0.2, 0.25) is 0 Å². The van der Waals surface area contributed by atoms with Crippen LogP contribution in [0.4, 0.5) is 24.8 Å². The van der Waals surface area contributed by atoms with Crippen LogP contribution in [0, 0.1) is 11.8 Å². The van der Waals surface area contributed by atoms with E-state index in [1.165, 1.54) is 0 Å². The van der Waals surface area contributed by atoms with E-state index in [-0.39, 0.29) is 11.8 Å². The highest BCUT2D eigenvalue weighted by Gasteiger charge is 2.38. The SMILES string of the molecule is CC(C)CCNc1ncc(NC(=O)C2CCCC2)cn1.O=C(O)C(F)(F)F. The van der Waals surface area contributed by atoms with Crippen molar-refractivity contribution in [2.75, 3.05) is 17.2 Å². The summed E-state index contributed by atoms with van der Waals surface area (Å²) >= 11 is 0. The average molecular weight is 390 g/mol. The fourth-order valence-electron chi connectivity index (χ4n) is 2.39. The average Bonchev–Trinajstić information content (AvgIpc) is 3.10. The van der Waals surface area contributed by atoms with E-state index in [0.29, 0.717) is 17.6 Å². The summed E-state index contributed by atoms with van der Waals surface area (Å²) in [6.45, 7) is 5.24. The third-order valence-electron chi connectivity index (χ3n) is 3.89. The van der Waals surface area contributed by atoms with Crippen LogP contribution in [-0.2, 0) is 9.59 Å². The molecule has 1 aliphatic rings. The lowest BCUT2D eigenvalue weighted by Gasteiger charge is -2.10. The van der Waals surface area contributed by atoms with E-state index >= 15 is 0 Å². The Morgan fingerprint density at radius 2 is 1.74 bits per heavy atom. The Morgan fingerprint density at radius 1 is 1.22 bits per heavy atom. The number of amides is 1. The van der Waals surface area contributed by atoms with Crippen molar-refractivity contribution in [3.63, 3.8) is 0 Å². The van der Waals surface area contributed by atoms with Crippen LogP contribution >= 0.6 is 0 Å². The molecular formula is C17H25F3N4O3. The van der Waals surface area contributed by atoms with Gasteiger partial charge in [-0.05, 0) is 25.2 Å². The molecule has 0 spiro atoms. The maximum atomic E-state index is 12.0. The van der Waals surface area contributed by atoms with Gasteiger partial charge in [-0.3, -0.25) is 4.79 Å². The molecule has 0 bridgehead atoms. The number of aromatic nitrogens is 2. The Bertz CT molecular complexity index is 600. The smallest absolute Gasteiger partial charge is 0.475 e. The van der Waals surface area contributed by atoms with Crippen molar-refractivity contribution in [1.29, 1.82) is 0 Å². The molecule has 2 rings (SSSR count). The van der Waals surface area contributed by atoms with Gasteiger partial charge < -0.3 is 15.7 Å². The Kier molecular flexibility index (Phi) is 8.96. The molecule has 10 heteroatoms. The zero-order valence-electron chi connectivity index (χ0n) is 15.3. The first-order chi connectivity index (χ1) is 12.6. The zero-order chi connectivity index (χ0) is 20.4. The summed E-state index contributed by atoms with van der Waals surface area (Å²) in [5, 5.41) is 13.2. The van der Waals surface area contributed by atoms with Crippen molar-refractivity contribution in [1.82, 2.24) is 9.97 Å². The van der Waals surface area contributed by atoms with Crippen molar-refractivity contribution < 1.29 is 27.9 Å². The first kappa shape index (κ1) is 22.7. The van der Waals surface area contributed by atoms with E-state index < -0.39 is 12.1 Å². The van der Waals surface area contributed by atoms with E-state index in [4.69, 9.17) is 9.90 Å².